The number of benzene rings is 1. The van der Waals surface area contributed by atoms with E-state index in [-0.39, 0.29) is 31.2 Å². The van der Waals surface area contributed by atoms with Crippen LogP contribution in [0.3, 0.4) is 0 Å². The average Bonchev–Trinajstić information content (AvgIpc) is 3.15. The second kappa shape index (κ2) is 9.23. The van der Waals surface area contributed by atoms with Gasteiger partial charge < -0.3 is 25.2 Å². The molecular weight excluding hydrogens is 457 g/mol. The second-order valence-electron chi connectivity index (χ2n) is 7.65. The molecule has 1 aliphatic heterocycles. The molecular formula is C22H19F3N4O5. The van der Waals surface area contributed by atoms with Gasteiger partial charge in [0.2, 0.25) is 11.8 Å². The Bertz CT molecular complexity index is 1210. The summed E-state index contributed by atoms with van der Waals surface area (Å²) >= 11 is 0. The number of pyridine rings is 2. The molecule has 3 heterocycles. The molecule has 0 saturated carbocycles. The molecule has 3 N–H and O–H groups in total. The van der Waals surface area contributed by atoms with E-state index < -0.39 is 35.8 Å². The Kier molecular flexibility index (Phi) is 6.35. The molecule has 0 unspecified atom stereocenters. The van der Waals surface area contributed by atoms with Crippen molar-refractivity contribution in [1.29, 1.82) is 0 Å². The highest BCUT2D eigenvalue weighted by Gasteiger charge is 2.32. The van der Waals surface area contributed by atoms with E-state index in [9.17, 15) is 33.0 Å². The van der Waals surface area contributed by atoms with Crippen LogP contribution in [0.2, 0.25) is 0 Å². The highest BCUT2D eigenvalue weighted by Crippen LogP contribution is 2.30. The van der Waals surface area contributed by atoms with Crippen LogP contribution in [0.25, 0.3) is 10.9 Å². The average molecular weight is 476 g/mol. The van der Waals surface area contributed by atoms with E-state index in [1.54, 1.807) is 18.2 Å². The number of carbonyl (C=O) groups is 2. The normalized spacial score (nSPS) is 18.2. The molecule has 1 fully saturated rings. The van der Waals surface area contributed by atoms with Crippen LogP contribution >= 0.6 is 0 Å². The summed E-state index contributed by atoms with van der Waals surface area (Å²) in [7, 11) is 0. The fourth-order valence-corrected chi connectivity index (χ4v) is 3.35. The van der Waals surface area contributed by atoms with Gasteiger partial charge in [-0.1, -0.05) is 6.07 Å². The lowest BCUT2D eigenvalue weighted by molar-refractivity contribution is -0.137. The van der Waals surface area contributed by atoms with Crippen LogP contribution in [-0.4, -0.2) is 68.7 Å². The van der Waals surface area contributed by atoms with E-state index in [0.717, 1.165) is 12.1 Å². The zero-order valence-corrected chi connectivity index (χ0v) is 17.5. The van der Waals surface area contributed by atoms with Gasteiger partial charge in [0.15, 0.2) is 0 Å². The van der Waals surface area contributed by atoms with Crippen molar-refractivity contribution < 1.29 is 37.7 Å². The Morgan fingerprint density at radius 3 is 2.47 bits per heavy atom. The van der Waals surface area contributed by atoms with Crippen molar-refractivity contribution in [3.8, 4) is 11.6 Å². The number of alkyl halides is 3. The molecule has 0 bridgehead atoms. The first kappa shape index (κ1) is 23.4. The van der Waals surface area contributed by atoms with Gasteiger partial charge >= 0.3 is 6.18 Å². The second-order valence-corrected chi connectivity index (χ2v) is 7.65. The maximum atomic E-state index is 12.6. The smallest absolute Gasteiger partial charge is 0.417 e. The standard InChI is InChI=1S/C22H19F3N4O5/c23-22(24,25)13-2-6-19(26-8-13)34-14-3-5-15-12(7-14)1-4-16(28-15)21(33)27-9-20(32)29-10-17(30)18(31)11-29/h1-8,17-18,30-31H,9-11H2,(H,27,33)/t17-,18-/m1/s1. The number of halogens is 3. The molecule has 3 aromatic rings. The molecule has 0 aliphatic carbocycles. The maximum Gasteiger partial charge on any atom is 0.417 e. The lowest BCUT2D eigenvalue weighted by atomic mass is 10.2. The van der Waals surface area contributed by atoms with Crippen LogP contribution in [0.5, 0.6) is 11.6 Å². The number of nitrogens with zero attached hydrogens (tertiary/aromatic N) is 3. The number of rotatable bonds is 5. The lowest BCUT2D eigenvalue weighted by Crippen LogP contribution is -2.39. The summed E-state index contributed by atoms with van der Waals surface area (Å²) in [5, 5.41) is 22.1. The topological polar surface area (TPSA) is 125 Å². The van der Waals surface area contributed by atoms with Crippen molar-refractivity contribution in [3.63, 3.8) is 0 Å². The zero-order valence-electron chi connectivity index (χ0n) is 17.5. The van der Waals surface area contributed by atoms with E-state index in [0.29, 0.717) is 22.8 Å². The Labute approximate surface area is 190 Å². The fourth-order valence-electron chi connectivity index (χ4n) is 3.35. The summed E-state index contributed by atoms with van der Waals surface area (Å²) in [5.74, 6) is -0.716. The maximum absolute atomic E-state index is 12.6. The first-order valence-electron chi connectivity index (χ1n) is 10.1. The van der Waals surface area contributed by atoms with Crippen molar-refractivity contribution in [2.45, 2.75) is 18.4 Å². The first-order chi connectivity index (χ1) is 16.1. The van der Waals surface area contributed by atoms with Crippen molar-refractivity contribution in [2.24, 2.45) is 0 Å². The van der Waals surface area contributed by atoms with Gasteiger partial charge in [-0.05, 0) is 30.3 Å². The van der Waals surface area contributed by atoms with Gasteiger partial charge in [-0.25, -0.2) is 9.97 Å². The number of aromatic nitrogens is 2. The molecule has 34 heavy (non-hydrogen) atoms. The van der Waals surface area contributed by atoms with E-state index in [1.165, 1.54) is 17.0 Å². The van der Waals surface area contributed by atoms with Crippen LogP contribution in [0.4, 0.5) is 13.2 Å². The van der Waals surface area contributed by atoms with Gasteiger partial charge in [0.1, 0.15) is 11.4 Å². The Hall–Kier alpha value is -3.77. The molecule has 0 spiro atoms. The van der Waals surface area contributed by atoms with Crippen LogP contribution < -0.4 is 10.1 Å². The molecule has 4 rings (SSSR count). The number of amides is 2. The van der Waals surface area contributed by atoms with Crippen molar-refractivity contribution in [2.75, 3.05) is 19.6 Å². The third-order valence-corrected chi connectivity index (χ3v) is 5.19. The summed E-state index contributed by atoms with van der Waals surface area (Å²) in [6, 6.07) is 9.74. The highest BCUT2D eigenvalue weighted by molar-refractivity contribution is 5.97. The van der Waals surface area contributed by atoms with Crippen LogP contribution in [-0.2, 0) is 11.0 Å². The Morgan fingerprint density at radius 1 is 1.09 bits per heavy atom. The van der Waals surface area contributed by atoms with E-state index >= 15 is 0 Å². The van der Waals surface area contributed by atoms with Gasteiger partial charge in [0.05, 0.1) is 29.8 Å². The van der Waals surface area contributed by atoms with Gasteiger partial charge in [0.25, 0.3) is 5.91 Å². The lowest BCUT2D eigenvalue weighted by Gasteiger charge is -2.15. The number of ether oxygens (including phenoxy) is 1. The quantitative estimate of drug-likeness (QED) is 0.512. The SMILES string of the molecule is O=C(NCC(=O)N1C[C@@H](O)[C@H](O)C1)c1ccc2cc(Oc3ccc(C(F)(F)F)cn3)ccc2n1. The van der Waals surface area contributed by atoms with Crippen molar-refractivity contribution >= 4 is 22.7 Å². The van der Waals surface area contributed by atoms with Crippen LogP contribution in [0, 0.1) is 0 Å². The molecule has 0 radical (unpaired) electrons. The Balaban J connectivity index is 1.39. The minimum absolute atomic E-state index is 0.00348. The van der Waals surface area contributed by atoms with Crippen molar-refractivity contribution in [3.05, 3.63) is 59.9 Å². The van der Waals surface area contributed by atoms with E-state index in [2.05, 4.69) is 15.3 Å². The third kappa shape index (κ3) is 5.24. The monoisotopic (exact) mass is 476 g/mol. The predicted octanol–water partition coefficient (Wildman–Crippen LogP) is 1.73. The first-order valence-corrected chi connectivity index (χ1v) is 10.1. The number of carbonyl (C=O) groups excluding carboxylic acids is 2. The molecule has 1 aromatic carbocycles. The number of hydrogen-bond acceptors (Lipinski definition) is 7. The number of aliphatic hydroxyl groups excluding tert-OH is 2. The molecule has 178 valence electrons. The summed E-state index contributed by atoms with van der Waals surface area (Å²) in [6.45, 7) is -0.322. The predicted molar refractivity (Wildman–Crippen MR) is 112 cm³/mol. The number of likely N-dealkylation sites (tertiary alicyclic amines) is 1. The van der Waals surface area contributed by atoms with Gasteiger partial charge in [0, 0.05) is 30.7 Å². The minimum Gasteiger partial charge on any atom is -0.439 e. The number of aliphatic hydroxyl groups is 2. The fraction of sp³-hybridized carbons (Fsp3) is 0.273. The molecule has 2 amide bonds. The van der Waals surface area contributed by atoms with Gasteiger partial charge in [-0.3, -0.25) is 9.59 Å². The third-order valence-electron chi connectivity index (χ3n) is 5.19. The number of fused-ring (bicyclic) bond motifs is 1. The van der Waals surface area contributed by atoms with E-state index in [1.807, 2.05) is 0 Å². The number of nitrogens with one attached hydrogen (secondary N) is 1. The molecule has 1 saturated heterocycles. The summed E-state index contributed by atoms with van der Waals surface area (Å²) < 4.78 is 43.4. The highest BCUT2D eigenvalue weighted by atomic mass is 19.4. The van der Waals surface area contributed by atoms with Gasteiger partial charge in [-0.15, -0.1) is 0 Å². The Morgan fingerprint density at radius 2 is 1.82 bits per heavy atom. The van der Waals surface area contributed by atoms with Crippen LogP contribution in [0.15, 0.2) is 48.7 Å². The summed E-state index contributed by atoms with van der Waals surface area (Å²) in [6.07, 6.45) is -5.82. The minimum atomic E-state index is -4.49. The van der Waals surface area contributed by atoms with Crippen molar-refractivity contribution in [1.82, 2.24) is 20.2 Å². The molecule has 2 atom stereocenters. The molecule has 2 aromatic heterocycles. The summed E-state index contributed by atoms with van der Waals surface area (Å²) in [5.41, 5.74) is -0.358. The van der Waals surface area contributed by atoms with Gasteiger partial charge in [-0.2, -0.15) is 13.2 Å². The zero-order chi connectivity index (χ0) is 24.5. The van der Waals surface area contributed by atoms with Crippen LogP contribution in [0.1, 0.15) is 16.1 Å². The molecule has 1 aliphatic rings. The molecule has 9 nitrogen and oxygen atoms in total. The number of hydrogen-bond donors (Lipinski definition) is 3. The van der Waals surface area contributed by atoms with E-state index in [4.69, 9.17) is 4.74 Å². The number of β-amino-alcohol motifs (C(OH)–C–C–N with tert-alkyl or cyclic N) is 2. The largest absolute Gasteiger partial charge is 0.439 e. The summed E-state index contributed by atoms with van der Waals surface area (Å²) in [4.78, 5) is 33.7. The molecule has 12 heteroatoms.